The predicted octanol–water partition coefficient (Wildman–Crippen LogP) is 1.62. The van der Waals surface area contributed by atoms with Crippen LogP contribution in [0.4, 0.5) is 0 Å². The van der Waals surface area contributed by atoms with Gasteiger partial charge in [0.25, 0.3) is 5.56 Å². The average Bonchev–Trinajstić information content (AvgIpc) is 3.02. The van der Waals surface area contributed by atoms with Crippen molar-refractivity contribution in [1.82, 2.24) is 19.2 Å². The lowest BCUT2D eigenvalue weighted by Gasteiger charge is -2.41. The Labute approximate surface area is 158 Å². The summed E-state index contributed by atoms with van der Waals surface area (Å²) >= 11 is 0. The van der Waals surface area contributed by atoms with Crippen molar-refractivity contribution in [2.75, 3.05) is 19.6 Å². The number of fused-ring (bicyclic) bond motifs is 1. The van der Waals surface area contributed by atoms with E-state index in [-0.39, 0.29) is 34.3 Å². The van der Waals surface area contributed by atoms with Crippen molar-refractivity contribution >= 4 is 11.6 Å². The highest BCUT2D eigenvalue weighted by Gasteiger charge is 2.48. The Hall–Kier alpha value is -2.41. The highest BCUT2D eigenvalue weighted by Crippen LogP contribution is 2.41. The minimum Gasteiger partial charge on any atom is -0.504 e. The third-order valence-corrected chi connectivity index (χ3v) is 5.93. The fourth-order valence-corrected chi connectivity index (χ4v) is 4.53. The second-order valence-electron chi connectivity index (χ2n) is 8.11. The number of piperidine rings is 1. The number of rotatable bonds is 3. The van der Waals surface area contributed by atoms with Gasteiger partial charge in [-0.3, -0.25) is 18.9 Å². The molecule has 1 amide bonds. The van der Waals surface area contributed by atoms with E-state index in [4.69, 9.17) is 0 Å². The maximum atomic E-state index is 13.1. The van der Waals surface area contributed by atoms with Crippen LogP contribution in [0, 0.1) is 5.41 Å². The molecule has 2 saturated heterocycles. The van der Waals surface area contributed by atoms with E-state index in [1.165, 1.54) is 16.5 Å². The van der Waals surface area contributed by atoms with Crippen LogP contribution in [0.3, 0.4) is 0 Å². The Morgan fingerprint density at radius 3 is 2.85 bits per heavy atom. The summed E-state index contributed by atoms with van der Waals surface area (Å²) in [6.45, 7) is 7.03. The zero-order valence-corrected chi connectivity index (χ0v) is 15.9. The van der Waals surface area contributed by atoms with Crippen molar-refractivity contribution in [3.63, 3.8) is 0 Å². The Kier molecular flexibility index (Phi) is 4.42. The normalized spacial score (nSPS) is 23.8. The summed E-state index contributed by atoms with van der Waals surface area (Å²) in [5.74, 6) is 0.264. The van der Waals surface area contributed by atoms with Gasteiger partial charge in [-0.15, -0.1) is 0 Å². The van der Waals surface area contributed by atoms with Gasteiger partial charge < -0.3 is 10.0 Å². The average molecular weight is 370 g/mol. The van der Waals surface area contributed by atoms with Gasteiger partial charge in [-0.1, -0.05) is 0 Å². The molecule has 7 nitrogen and oxygen atoms in total. The molecule has 0 bridgehead atoms. The molecule has 7 heteroatoms. The summed E-state index contributed by atoms with van der Waals surface area (Å²) in [6.07, 6.45) is 4.43. The summed E-state index contributed by atoms with van der Waals surface area (Å²) in [4.78, 5) is 34.1. The number of hydrogen-bond acceptors (Lipinski definition) is 5. The first-order chi connectivity index (χ1) is 12.9. The van der Waals surface area contributed by atoms with Crippen molar-refractivity contribution in [1.29, 1.82) is 0 Å². The van der Waals surface area contributed by atoms with Gasteiger partial charge >= 0.3 is 0 Å². The summed E-state index contributed by atoms with van der Waals surface area (Å²) in [6, 6.07) is 4.89. The molecule has 1 spiro atoms. The van der Waals surface area contributed by atoms with Crippen molar-refractivity contribution in [2.24, 2.45) is 5.41 Å². The zero-order chi connectivity index (χ0) is 19.2. The summed E-state index contributed by atoms with van der Waals surface area (Å²) in [7, 11) is 0. The first-order valence-electron chi connectivity index (χ1n) is 9.63. The summed E-state index contributed by atoms with van der Waals surface area (Å²) < 4.78 is 1.34. The van der Waals surface area contributed by atoms with Gasteiger partial charge in [0.2, 0.25) is 5.91 Å². The van der Waals surface area contributed by atoms with Gasteiger partial charge in [0.15, 0.2) is 11.4 Å². The fourth-order valence-electron chi connectivity index (χ4n) is 4.53. The molecule has 0 aliphatic carbocycles. The lowest BCUT2D eigenvalue weighted by Crippen LogP contribution is -2.52. The van der Waals surface area contributed by atoms with Gasteiger partial charge in [-0.2, -0.15) is 0 Å². The second-order valence-corrected chi connectivity index (χ2v) is 8.11. The van der Waals surface area contributed by atoms with E-state index in [0.717, 1.165) is 32.4 Å². The smallest absolute Gasteiger partial charge is 0.258 e. The molecule has 0 radical (unpaired) electrons. The molecular formula is C20H26N4O3. The topological polar surface area (TPSA) is 78.2 Å². The Morgan fingerprint density at radius 1 is 1.26 bits per heavy atom. The van der Waals surface area contributed by atoms with Gasteiger partial charge in [0.1, 0.15) is 0 Å². The molecule has 1 N–H and O–H groups in total. The van der Waals surface area contributed by atoms with Crippen molar-refractivity contribution in [3.05, 3.63) is 40.4 Å². The molecule has 0 saturated carbocycles. The SMILES string of the molecule is CC(C)N1CCC[C@]2(CCN(Cc3cc(=O)n4cccc(O)c4n3)C2)C1=O. The maximum Gasteiger partial charge on any atom is 0.258 e. The molecule has 1 atom stereocenters. The molecule has 0 aromatic carbocycles. The standard InChI is InChI=1S/C20H26N4O3/c1-14(2)23-9-4-6-20(19(23)27)7-10-22(13-20)12-15-11-17(26)24-8-3-5-16(25)18(24)21-15/h3,5,8,11,14,25H,4,6-7,9-10,12-13H2,1-2H3/t20-/m1/s1. The largest absolute Gasteiger partial charge is 0.504 e. The minimum atomic E-state index is -0.295. The van der Waals surface area contributed by atoms with Crippen LogP contribution in [0.15, 0.2) is 29.2 Å². The first kappa shape index (κ1) is 18.0. The molecule has 27 heavy (non-hydrogen) atoms. The van der Waals surface area contributed by atoms with Gasteiger partial charge in [-0.25, -0.2) is 4.98 Å². The summed E-state index contributed by atoms with van der Waals surface area (Å²) in [5, 5.41) is 10.0. The van der Waals surface area contributed by atoms with Crippen LogP contribution in [-0.4, -0.2) is 55.9 Å². The molecule has 2 aliphatic rings. The molecule has 4 rings (SSSR count). The molecule has 0 unspecified atom stereocenters. The van der Waals surface area contributed by atoms with Crippen LogP contribution in [0.25, 0.3) is 5.65 Å². The molecule has 144 valence electrons. The van der Waals surface area contributed by atoms with E-state index in [1.54, 1.807) is 12.3 Å². The number of aromatic nitrogens is 2. The molecule has 4 heterocycles. The van der Waals surface area contributed by atoms with Crippen molar-refractivity contribution in [2.45, 2.75) is 45.7 Å². The van der Waals surface area contributed by atoms with Crippen molar-refractivity contribution in [3.8, 4) is 5.75 Å². The number of aromatic hydroxyl groups is 1. The monoisotopic (exact) mass is 370 g/mol. The highest BCUT2D eigenvalue weighted by atomic mass is 16.3. The van der Waals surface area contributed by atoms with Crippen LogP contribution < -0.4 is 5.56 Å². The number of hydrogen-bond donors (Lipinski definition) is 1. The Balaban J connectivity index is 1.55. The van der Waals surface area contributed by atoms with E-state index in [2.05, 4.69) is 23.7 Å². The van der Waals surface area contributed by atoms with Crippen LogP contribution in [0.2, 0.25) is 0 Å². The number of amides is 1. The molecule has 2 fully saturated rings. The number of nitrogens with zero attached hydrogens (tertiary/aromatic N) is 4. The Bertz CT molecular complexity index is 938. The predicted molar refractivity (Wildman–Crippen MR) is 102 cm³/mol. The van der Waals surface area contributed by atoms with E-state index in [9.17, 15) is 14.7 Å². The molecule has 2 aromatic rings. The maximum absolute atomic E-state index is 13.1. The van der Waals surface area contributed by atoms with Gasteiger partial charge in [-0.05, 0) is 51.8 Å². The first-order valence-corrected chi connectivity index (χ1v) is 9.63. The van der Waals surface area contributed by atoms with Crippen LogP contribution in [-0.2, 0) is 11.3 Å². The Morgan fingerprint density at radius 2 is 2.07 bits per heavy atom. The quantitative estimate of drug-likeness (QED) is 0.888. The molecule has 2 aliphatic heterocycles. The minimum absolute atomic E-state index is 0.00984. The van der Waals surface area contributed by atoms with Crippen molar-refractivity contribution < 1.29 is 9.90 Å². The van der Waals surface area contributed by atoms with Gasteiger partial charge in [0, 0.05) is 37.9 Å². The third kappa shape index (κ3) is 3.10. The number of carbonyl (C=O) groups excluding carboxylic acids is 1. The number of pyridine rings is 1. The lowest BCUT2D eigenvalue weighted by atomic mass is 9.78. The van der Waals surface area contributed by atoms with Crippen LogP contribution in [0.5, 0.6) is 5.75 Å². The van der Waals surface area contributed by atoms with E-state index in [1.807, 2.05) is 4.90 Å². The summed E-state index contributed by atoms with van der Waals surface area (Å²) in [5.41, 5.74) is 0.395. The number of likely N-dealkylation sites (tertiary alicyclic amines) is 2. The zero-order valence-electron chi connectivity index (χ0n) is 15.9. The highest BCUT2D eigenvalue weighted by molar-refractivity contribution is 5.84. The van der Waals surface area contributed by atoms with E-state index in [0.29, 0.717) is 18.8 Å². The van der Waals surface area contributed by atoms with Gasteiger partial charge in [0.05, 0.1) is 11.1 Å². The van der Waals surface area contributed by atoms with E-state index < -0.39 is 0 Å². The molecular weight excluding hydrogens is 344 g/mol. The van der Waals surface area contributed by atoms with Crippen LogP contribution in [0.1, 0.15) is 38.8 Å². The number of carbonyl (C=O) groups is 1. The third-order valence-electron chi connectivity index (χ3n) is 5.93. The van der Waals surface area contributed by atoms with Crippen LogP contribution >= 0.6 is 0 Å². The second kappa shape index (κ2) is 6.64. The molecule has 2 aromatic heterocycles. The van der Waals surface area contributed by atoms with E-state index >= 15 is 0 Å². The lowest BCUT2D eigenvalue weighted by molar-refractivity contribution is -0.147. The fraction of sp³-hybridized carbons (Fsp3) is 0.550.